The second kappa shape index (κ2) is 19.2. The maximum absolute atomic E-state index is 12.0. The lowest BCUT2D eigenvalue weighted by Crippen LogP contribution is -2.30. The molecule has 0 spiro atoms. The van der Waals surface area contributed by atoms with E-state index < -0.39 is 0 Å². The van der Waals surface area contributed by atoms with Crippen LogP contribution in [-0.4, -0.2) is 43.8 Å². The van der Waals surface area contributed by atoms with Gasteiger partial charge in [-0.1, -0.05) is 90.9 Å². The van der Waals surface area contributed by atoms with E-state index in [4.69, 9.17) is 4.74 Å². The number of carbonyl (C=O) groups is 1. The van der Waals surface area contributed by atoms with Crippen LogP contribution in [0.25, 0.3) is 0 Å². The summed E-state index contributed by atoms with van der Waals surface area (Å²) in [5.74, 6) is 0.642. The van der Waals surface area contributed by atoms with Gasteiger partial charge in [0.1, 0.15) is 0 Å². The molecule has 0 aromatic carbocycles. The van der Waals surface area contributed by atoms with Crippen molar-refractivity contribution >= 4 is 6.09 Å². The molecule has 4 heteroatoms. The number of carbonyl (C=O) groups excluding carboxylic acids is 1. The highest BCUT2D eigenvalue weighted by Gasteiger charge is 2.26. The molecule has 0 aromatic heterocycles. The van der Waals surface area contributed by atoms with E-state index in [1.807, 2.05) is 4.90 Å². The van der Waals surface area contributed by atoms with Crippen LogP contribution >= 0.6 is 0 Å². The number of nitrogens with zero attached hydrogens (tertiary/aromatic N) is 1. The predicted molar refractivity (Wildman–Crippen MR) is 125 cm³/mol. The molecule has 1 N–H and O–H groups in total. The average Bonchev–Trinajstić information content (AvgIpc) is 3.20. The molecular weight excluding hydrogens is 360 g/mol. The third-order valence-corrected chi connectivity index (χ3v) is 6.20. The lowest BCUT2D eigenvalue weighted by atomic mass is 10.0. The highest BCUT2D eigenvalue weighted by atomic mass is 16.6. The molecule has 1 aliphatic heterocycles. The molecule has 0 bridgehead atoms. The van der Waals surface area contributed by atoms with Crippen LogP contribution in [0, 0.1) is 5.92 Å². The van der Waals surface area contributed by atoms with Crippen LogP contribution in [0.2, 0.25) is 0 Å². The van der Waals surface area contributed by atoms with Gasteiger partial charge in [-0.2, -0.15) is 0 Å². The summed E-state index contributed by atoms with van der Waals surface area (Å²) in [6, 6.07) is 0. The molecule has 0 radical (unpaired) electrons. The Balaban J connectivity index is 1.81. The maximum atomic E-state index is 12.0. The minimum absolute atomic E-state index is 0.106. The van der Waals surface area contributed by atoms with Gasteiger partial charge in [0.2, 0.25) is 0 Å². The zero-order valence-corrected chi connectivity index (χ0v) is 19.7. The van der Waals surface area contributed by atoms with E-state index >= 15 is 0 Å². The Morgan fingerprint density at radius 2 is 1.41 bits per heavy atom. The topological polar surface area (TPSA) is 41.6 Å². The summed E-state index contributed by atoms with van der Waals surface area (Å²) in [5, 5.41) is 3.60. The number of likely N-dealkylation sites (tertiary alicyclic amines) is 1. The lowest BCUT2D eigenvalue weighted by molar-refractivity contribution is 0.108. The second-order valence-corrected chi connectivity index (χ2v) is 9.00. The summed E-state index contributed by atoms with van der Waals surface area (Å²) in [6.45, 7) is 8.95. The first kappa shape index (κ1) is 26.3. The van der Waals surface area contributed by atoms with Crippen molar-refractivity contribution in [2.75, 3.05) is 32.8 Å². The Labute approximate surface area is 181 Å². The summed E-state index contributed by atoms with van der Waals surface area (Å²) >= 11 is 0. The highest BCUT2D eigenvalue weighted by Crippen LogP contribution is 2.20. The van der Waals surface area contributed by atoms with Crippen molar-refractivity contribution in [1.29, 1.82) is 0 Å². The van der Waals surface area contributed by atoms with Gasteiger partial charge in [0.15, 0.2) is 0 Å². The number of unbranched alkanes of at least 4 members (excludes halogenated alkanes) is 12. The highest BCUT2D eigenvalue weighted by molar-refractivity contribution is 5.67. The van der Waals surface area contributed by atoms with Crippen LogP contribution in [0.1, 0.15) is 117 Å². The molecule has 4 nitrogen and oxygen atoms in total. The van der Waals surface area contributed by atoms with Gasteiger partial charge in [-0.05, 0) is 44.7 Å². The standard InChI is InChI=1S/C25H50N2O2/c1-3-5-7-8-9-10-11-12-13-14-15-16-19-26-20-17-24-18-21-27(23-24)25(28)29-22-6-4-2/h24,26H,3-23H2,1-2H3. The molecule has 0 aromatic rings. The van der Waals surface area contributed by atoms with Crippen LogP contribution in [0.4, 0.5) is 4.79 Å². The average molecular weight is 411 g/mol. The zero-order chi connectivity index (χ0) is 21.0. The Morgan fingerprint density at radius 3 is 2.03 bits per heavy atom. The molecule has 0 saturated carbocycles. The number of amides is 1. The van der Waals surface area contributed by atoms with Crippen LogP contribution in [0.15, 0.2) is 0 Å². The normalized spacial score (nSPS) is 16.5. The molecule has 1 atom stereocenters. The number of hydrogen-bond acceptors (Lipinski definition) is 3. The number of hydrogen-bond donors (Lipinski definition) is 1. The molecule has 29 heavy (non-hydrogen) atoms. The Hall–Kier alpha value is -0.770. The van der Waals surface area contributed by atoms with Gasteiger partial charge >= 0.3 is 6.09 Å². The van der Waals surface area contributed by atoms with E-state index in [0.717, 1.165) is 45.4 Å². The van der Waals surface area contributed by atoms with Crippen molar-refractivity contribution in [3.63, 3.8) is 0 Å². The molecule has 1 saturated heterocycles. The van der Waals surface area contributed by atoms with Crippen molar-refractivity contribution in [3.8, 4) is 0 Å². The van der Waals surface area contributed by atoms with Crippen molar-refractivity contribution in [2.45, 2.75) is 117 Å². The molecule has 1 amide bonds. The van der Waals surface area contributed by atoms with Crippen molar-refractivity contribution < 1.29 is 9.53 Å². The summed E-state index contributed by atoms with van der Waals surface area (Å²) in [5.41, 5.74) is 0. The fraction of sp³-hybridized carbons (Fsp3) is 0.960. The summed E-state index contributed by atoms with van der Waals surface area (Å²) < 4.78 is 5.32. The van der Waals surface area contributed by atoms with E-state index in [0.29, 0.717) is 12.5 Å². The van der Waals surface area contributed by atoms with Crippen LogP contribution in [0.5, 0.6) is 0 Å². The Morgan fingerprint density at radius 1 is 0.828 bits per heavy atom. The van der Waals surface area contributed by atoms with Crippen molar-refractivity contribution in [1.82, 2.24) is 10.2 Å². The number of rotatable bonds is 19. The van der Waals surface area contributed by atoms with Crippen LogP contribution in [0.3, 0.4) is 0 Å². The zero-order valence-electron chi connectivity index (χ0n) is 19.7. The number of ether oxygens (including phenoxy) is 1. The quantitative estimate of drug-likeness (QED) is 0.235. The monoisotopic (exact) mass is 410 g/mol. The molecule has 1 heterocycles. The minimum Gasteiger partial charge on any atom is -0.449 e. The van der Waals surface area contributed by atoms with Crippen molar-refractivity contribution in [2.24, 2.45) is 5.92 Å². The largest absolute Gasteiger partial charge is 0.449 e. The summed E-state index contributed by atoms with van der Waals surface area (Å²) in [4.78, 5) is 13.9. The Bertz CT molecular complexity index is 376. The van der Waals surface area contributed by atoms with Gasteiger partial charge in [-0.25, -0.2) is 4.79 Å². The lowest BCUT2D eigenvalue weighted by Gasteiger charge is -2.16. The van der Waals surface area contributed by atoms with E-state index in [1.165, 1.54) is 83.5 Å². The van der Waals surface area contributed by atoms with E-state index in [9.17, 15) is 4.79 Å². The smallest absolute Gasteiger partial charge is 0.409 e. The predicted octanol–water partition coefficient (Wildman–Crippen LogP) is 6.93. The van der Waals surface area contributed by atoms with Crippen LogP contribution in [-0.2, 0) is 4.74 Å². The van der Waals surface area contributed by atoms with E-state index in [1.54, 1.807) is 0 Å². The third kappa shape index (κ3) is 14.8. The molecule has 1 unspecified atom stereocenters. The molecule has 0 aliphatic carbocycles. The molecule has 1 rings (SSSR count). The fourth-order valence-electron chi connectivity index (χ4n) is 4.15. The molecule has 1 fully saturated rings. The summed E-state index contributed by atoms with van der Waals surface area (Å²) in [7, 11) is 0. The second-order valence-electron chi connectivity index (χ2n) is 9.00. The first-order valence-corrected chi connectivity index (χ1v) is 12.9. The van der Waals surface area contributed by atoms with Gasteiger partial charge in [0, 0.05) is 13.1 Å². The van der Waals surface area contributed by atoms with Gasteiger partial charge in [0.25, 0.3) is 0 Å². The number of nitrogens with one attached hydrogen (secondary N) is 1. The first-order chi connectivity index (χ1) is 14.3. The van der Waals surface area contributed by atoms with Crippen LogP contribution < -0.4 is 5.32 Å². The van der Waals surface area contributed by atoms with Gasteiger partial charge < -0.3 is 15.0 Å². The van der Waals surface area contributed by atoms with Gasteiger partial charge in [-0.3, -0.25) is 0 Å². The molecular formula is C25H50N2O2. The maximum Gasteiger partial charge on any atom is 0.409 e. The Kier molecular flexibility index (Phi) is 17.4. The van der Waals surface area contributed by atoms with Gasteiger partial charge in [0.05, 0.1) is 6.61 Å². The minimum atomic E-state index is -0.106. The van der Waals surface area contributed by atoms with Gasteiger partial charge in [-0.15, -0.1) is 0 Å². The molecule has 1 aliphatic rings. The summed E-state index contributed by atoms with van der Waals surface area (Å²) in [6.07, 6.45) is 21.1. The third-order valence-electron chi connectivity index (χ3n) is 6.20. The fourth-order valence-corrected chi connectivity index (χ4v) is 4.15. The molecule has 172 valence electrons. The first-order valence-electron chi connectivity index (χ1n) is 12.9. The van der Waals surface area contributed by atoms with Crippen molar-refractivity contribution in [3.05, 3.63) is 0 Å². The SMILES string of the molecule is CCCCCCCCCCCCCCNCCC1CCN(C(=O)OCCCC)C1. The van der Waals surface area contributed by atoms with E-state index in [-0.39, 0.29) is 6.09 Å². The van der Waals surface area contributed by atoms with E-state index in [2.05, 4.69) is 19.2 Å².